The van der Waals surface area contributed by atoms with Gasteiger partial charge in [0.25, 0.3) is 11.8 Å². The van der Waals surface area contributed by atoms with E-state index in [-0.39, 0.29) is 16.9 Å². The SMILES string of the molecule is COc1ccc(/C=C(\NC(=O)c2ccccc2)C(=O)Nc2ccc(SCC(=O)Nc3c(F)c(F)c(C(F)(F)F)c(F)c3F)cc2)c(OC)c1. The third-order valence-electron chi connectivity index (χ3n) is 6.56. The van der Waals surface area contributed by atoms with Gasteiger partial charge in [-0.25, -0.2) is 17.6 Å². The zero-order valence-electron chi connectivity index (χ0n) is 25.3. The second-order valence-electron chi connectivity index (χ2n) is 9.81. The van der Waals surface area contributed by atoms with Crippen LogP contribution in [0.2, 0.25) is 0 Å². The van der Waals surface area contributed by atoms with Gasteiger partial charge in [-0.15, -0.1) is 11.8 Å². The molecule has 4 aromatic carbocycles. The van der Waals surface area contributed by atoms with E-state index in [0.717, 1.165) is 11.8 Å². The summed E-state index contributed by atoms with van der Waals surface area (Å²) in [5, 5.41) is 6.77. The number of nitrogens with one attached hydrogen (secondary N) is 3. The highest BCUT2D eigenvalue weighted by atomic mass is 32.2. The quantitative estimate of drug-likeness (QED) is 0.0649. The van der Waals surface area contributed by atoms with Crippen LogP contribution in [0.1, 0.15) is 21.5 Å². The Morgan fingerprint density at radius 2 is 1.43 bits per heavy atom. The maximum absolute atomic E-state index is 14.1. The molecule has 0 atom stereocenters. The zero-order valence-corrected chi connectivity index (χ0v) is 26.1. The number of anilines is 2. The minimum Gasteiger partial charge on any atom is -0.497 e. The molecule has 256 valence electrons. The molecule has 4 aromatic rings. The Kier molecular flexibility index (Phi) is 11.6. The molecule has 4 rings (SSSR count). The summed E-state index contributed by atoms with van der Waals surface area (Å²) in [6.07, 6.45) is -4.32. The summed E-state index contributed by atoms with van der Waals surface area (Å²) in [5.74, 6) is -12.4. The molecule has 16 heteroatoms. The van der Waals surface area contributed by atoms with Crippen molar-refractivity contribution < 1.29 is 54.6 Å². The Bertz CT molecular complexity index is 1870. The second kappa shape index (κ2) is 15.6. The molecular formula is C33H24F7N3O5S. The van der Waals surface area contributed by atoms with E-state index in [4.69, 9.17) is 9.47 Å². The molecule has 0 aliphatic heterocycles. The van der Waals surface area contributed by atoms with Gasteiger partial charge < -0.3 is 25.4 Å². The molecule has 0 saturated carbocycles. The predicted octanol–water partition coefficient (Wildman–Crippen LogP) is 7.42. The zero-order chi connectivity index (χ0) is 35.9. The second-order valence-corrected chi connectivity index (χ2v) is 10.9. The third-order valence-corrected chi connectivity index (χ3v) is 7.57. The Balaban J connectivity index is 1.47. The highest BCUT2D eigenvalue weighted by Crippen LogP contribution is 2.38. The van der Waals surface area contributed by atoms with Gasteiger partial charge in [-0.1, -0.05) is 18.2 Å². The fraction of sp³-hybridized carbons (Fsp3) is 0.121. The topological polar surface area (TPSA) is 106 Å². The smallest absolute Gasteiger partial charge is 0.422 e. The Morgan fingerprint density at radius 1 is 0.796 bits per heavy atom. The molecule has 0 heterocycles. The van der Waals surface area contributed by atoms with Gasteiger partial charge in [-0.2, -0.15) is 13.2 Å². The largest absolute Gasteiger partial charge is 0.497 e. The number of methoxy groups -OCH3 is 2. The number of ether oxygens (including phenoxy) is 2. The number of hydrogen-bond donors (Lipinski definition) is 3. The van der Waals surface area contributed by atoms with Gasteiger partial charge in [0.05, 0.1) is 20.0 Å². The minimum absolute atomic E-state index is 0.150. The van der Waals surface area contributed by atoms with Gasteiger partial charge in [-0.05, 0) is 54.6 Å². The molecule has 0 radical (unpaired) electrons. The molecule has 3 amide bonds. The van der Waals surface area contributed by atoms with Gasteiger partial charge in [0.15, 0.2) is 23.3 Å². The molecule has 0 spiro atoms. The lowest BCUT2D eigenvalue weighted by Crippen LogP contribution is -2.30. The average molecular weight is 708 g/mol. The lowest BCUT2D eigenvalue weighted by molar-refractivity contribution is -0.143. The average Bonchev–Trinajstić information content (AvgIpc) is 3.08. The van der Waals surface area contributed by atoms with Crippen molar-refractivity contribution in [1.82, 2.24) is 5.32 Å². The van der Waals surface area contributed by atoms with Gasteiger partial charge in [0.1, 0.15) is 28.4 Å². The molecule has 0 aromatic heterocycles. The Morgan fingerprint density at radius 3 is 2.00 bits per heavy atom. The molecule has 49 heavy (non-hydrogen) atoms. The maximum atomic E-state index is 14.1. The van der Waals surface area contributed by atoms with Crippen molar-refractivity contribution in [3.63, 3.8) is 0 Å². The van der Waals surface area contributed by atoms with Crippen molar-refractivity contribution >= 4 is 46.9 Å². The fourth-order valence-electron chi connectivity index (χ4n) is 4.18. The van der Waals surface area contributed by atoms with Gasteiger partial charge in [0.2, 0.25) is 5.91 Å². The first-order chi connectivity index (χ1) is 23.2. The van der Waals surface area contributed by atoms with Crippen LogP contribution >= 0.6 is 11.8 Å². The first-order valence-electron chi connectivity index (χ1n) is 13.8. The first kappa shape index (κ1) is 36.3. The monoisotopic (exact) mass is 707 g/mol. The summed E-state index contributed by atoms with van der Waals surface area (Å²) in [6, 6.07) is 18.7. The molecule has 0 aliphatic rings. The van der Waals surface area contributed by atoms with Crippen LogP contribution in [0.15, 0.2) is 83.4 Å². The van der Waals surface area contributed by atoms with Gasteiger partial charge in [0, 0.05) is 27.8 Å². The molecule has 3 N–H and O–H groups in total. The number of rotatable bonds is 11. The van der Waals surface area contributed by atoms with Crippen molar-refractivity contribution in [1.29, 1.82) is 0 Å². The number of benzene rings is 4. The number of hydrogen-bond acceptors (Lipinski definition) is 6. The number of thioether (sulfide) groups is 1. The highest BCUT2D eigenvalue weighted by molar-refractivity contribution is 8.00. The molecule has 0 unspecified atom stereocenters. The number of alkyl halides is 3. The van der Waals surface area contributed by atoms with Crippen molar-refractivity contribution in [2.75, 3.05) is 30.6 Å². The third kappa shape index (κ3) is 8.90. The van der Waals surface area contributed by atoms with Crippen LogP contribution in [0.5, 0.6) is 11.5 Å². The fourth-order valence-corrected chi connectivity index (χ4v) is 4.88. The van der Waals surface area contributed by atoms with Crippen molar-refractivity contribution in [2.45, 2.75) is 11.1 Å². The summed E-state index contributed by atoms with van der Waals surface area (Å²) < 4.78 is 105. The minimum atomic E-state index is -5.72. The van der Waals surface area contributed by atoms with Crippen LogP contribution in [0, 0.1) is 23.3 Å². The summed E-state index contributed by atoms with van der Waals surface area (Å²) in [6.45, 7) is 0. The van der Waals surface area contributed by atoms with E-state index < -0.39 is 64.2 Å². The first-order valence-corrected chi connectivity index (χ1v) is 14.8. The summed E-state index contributed by atoms with van der Waals surface area (Å²) in [7, 11) is 2.89. The summed E-state index contributed by atoms with van der Waals surface area (Å²) in [5.41, 5.74) is -3.64. The predicted molar refractivity (Wildman–Crippen MR) is 167 cm³/mol. The van der Waals surface area contributed by atoms with E-state index in [1.165, 1.54) is 44.6 Å². The molecule has 0 saturated heterocycles. The Labute approximate surface area is 278 Å². The lowest BCUT2D eigenvalue weighted by Gasteiger charge is -2.14. The number of halogens is 7. The van der Waals surface area contributed by atoms with Crippen molar-refractivity contribution in [3.8, 4) is 11.5 Å². The lowest BCUT2D eigenvalue weighted by atomic mass is 10.1. The number of amides is 3. The highest BCUT2D eigenvalue weighted by Gasteiger charge is 2.42. The van der Waals surface area contributed by atoms with Gasteiger partial charge >= 0.3 is 6.18 Å². The molecule has 0 bridgehead atoms. The molecular weight excluding hydrogens is 683 g/mol. The molecule has 0 aliphatic carbocycles. The van der Waals surface area contributed by atoms with Crippen LogP contribution in [0.4, 0.5) is 42.1 Å². The van der Waals surface area contributed by atoms with E-state index in [2.05, 4.69) is 10.6 Å². The Hall–Kier alpha value is -5.51. The van der Waals surface area contributed by atoms with Crippen molar-refractivity contribution in [3.05, 3.63) is 118 Å². The number of carbonyl (C=O) groups is 3. The summed E-state index contributed by atoms with van der Waals surface area (Å²) >= 11 is 0.794. The van der Waals surface area contributed by atoms with E-state index in [1.807, 2.05) is 0 Å². The van der Waals surface area contributed by atoms with Gasteiger partial charge in [-0.3, -0.25) is 14.4 Å². The van der Waals surface area contributed by atoms with Crippen molar-refractivity contribution in [2.24, 2.45) is 0 Å². The standard InChI is InChI=1S/C33H24F7N3O5S/c1-47-20-11-8-18(23(15-20)48-2)14-22(42-31(45)17-6-4-3-5-7-17)32(46)41-19-9-12-21(13-10-19)49-16-24(44)43-30-28(36)26(34)25(33(38,39)40)27(35)29(30)37/h3-15H,16H2,1-2H3,(H,41,46)(H,42,45)(H,43,44)/b22-14-. The van der Waals surface area contributed by atoms with Crippen LogP contribution in [-0.2, 0) is 15.8 Å². The van der Waals surface area contributed by atoms with Crippen LogP contribution in [0.3, 0.4) is 0 Å². The summed E-state index contributed by atoms with van der Waals surface area (Å²) in [4.78, 5) is 38.9. The van der Waals surface area contributed by atoms with E-state index in [9.17, 15) is 45.1 Å². The van der Waals surface area contributed by atoms with Crippen LogP contribution < -0.4 is 25.4 Å². The van der Waals surface area contributed by atoms with E-state index in [0.29, 0.717) is 22.0 Å². The number of carbonyl (C=O) groups excluding carboxylic acids is 3. The normalized spacial score (nSPS) is 11.5. The molecule has 8 nitrogen and oxygen atoms in total. The maximum Gasteiger partial charge on any atom is 0.422 e. The molecule has 0 fully saturated rings. The van der Waals surface area contributed by atoms with E-state index >= 15 is 0 Å². The van der Waals surface area contributed by atoms with Crippen LogP contribution in [0.25, 0.3) is 6.08 Å². The van der Waals surface area contributed by atoms with Crippen LogP contribution in [-0.4, -0.2) is 37.7 Å². The van der Waals surface area contributed by atoms with E-state index in [1.54, 1.807) is 53.8 Å².